The van der Waals surface area contributed by atoms with Gasteiger partial charge in [-0.15, -0.1) is 0 Å². The summed E-state index contributed by atoms with van der Waals surface area (Å²) in [4.78, 5) is 6.73. The molecule has 132 valence electrons. The van der Waals surface area contributed by atoms with Crippen LogP contribution in [-0.4, -0.2) is 38.3 Å². The number of aromatic nitrogens is 1. The lowest BCUT2D eigenvalue weighted by molar-refractivity contribution is 0.340. The molecule has 0 saturated carbocycles. The van der Waals surface area contributed by atoms with E-state index >= 15 is 0 Å². The van der Waals surface area contributed by atoms with Crippen molar-refractivity contribution in [2.45, 2.75) is 25.3 Å². The number of fused-ring (bicyclic) bond motifs is 1. The molecular weight excluding hydrogens is 404 g/mol. The second-order valence-electron chi connectivity index (χ2n) is 6.76. The fraction of sp³-hybridized carbons (Fsp3) is 0.412. The Morgan fingerprint density at radius 1 is 1.40 bits per heavy atom. The van der Waals surface area contributed by atoms with Gasteiger partial charge in [0.1, 0.15) is 5.82 Å². The number of halogens is 1. The number of nitrogens with zero attached hydrogens (tertiary/aromatic N) is 3. The highest BCUT2D eigenvalue weighted by Crippen LogP contribution is 2.29. The van der Waals surface area contributed by atoms with Crippen LogP contribution in [0.25, 0.3) is 10.9 Å². The highest BCUT2D eigenvalue weighted by Gasteiger charge is 2.34. The molecular formula is C17H19BrN4O2S. The van der Waals surface area contributed by atoms with Crippen LogP contribution in [0.2, 0.25) is 0 Å². The van der Waals surface area contributed by atoms with Gasteiger partial charge in [-0.25, -0.2) is 18.1 Å². The Balaban J connectivity index is 1.99. The van der Waals surface area contributed by atoms with Crippen LogP contribution in [0.3, 0.4) is 0 Å². The first kappa shape index (κ1) is 18.1. The standard InChI is InChI=1S/C17H19BrN4O2S/c1-17(21-25(2,23)24)6-3-7-22(11-17)16-8-12(10-19)14-9-13(18)4-5-15(14)20-16/h4-5,8-9,21H,3,6-7,11H2,1-2H3/t17-/m1/s1. The Bertz CT molecular complexity index is 971. The lowest BCUT2D eigenvalue weighted by Crippen LogP contribution is -2.56. The fourth-order valence-electron chi connectivity index (χ4n) is 3.40. The maximum Gasteiger partial charge on any atom is 0.209 e. The smallest absolute Gasteiger partial charge is 0.209 e. The Kier molecular flexibility index (Phi) is 4.75. The van der Waals surface area contributed by atoms with Gasteiger partial charge >= 0.3 is 0 Å². The zero-order chi connectivity index (χ0) is 18.2. The van der Waals surface area contributed by atoms with Crippen LogP contribution in [0, 0.1) is 11.3 Å². The van der Waals surface area contributed by atoms with Crippen molar-refractivity contribution in [3.8, 4) is 6.07 Å². The third-order valence-electron chi connectivity index (χ3n) is 4.33. The SMILES string of the molecule is C[C@@]1(NS(C)(=O)=O)CCCN(c2cc(C#N)c3cc(Br)ccc3n2)C1. The van der Waals surface area contributed by atoms with Gasteiger partial charge in [-0.2, -0.15) is 5.26 Å². The molecule has 3 rings (SSSR count). The number of nitriles is 1. The minimum absolute atomic E-state index is 0.514. The van der Waals surface area contributed by atoms with E-state index in [0.29, 0.717) is 17.9 Å². The van der Waals surface area contributed by atoms with Gasteiger partial charge in [0.25, 0.3) is 0 Å². The normalized spacial score (nSPS) is 21.3. The Morgan fingerprint density at radius 3 is 2.84 bits per heavy atom. The molecule has 2 aromatic rings. The number of rotatable bonds is 3. The summed E-state index contributed by atoms with van der Waals surface area (Å²) in [5.74, 6) is 0.701. The number of sulfonamides is 1. The summed E-state index contributed by atoms with van der Waals surface area (Å²) in [5.41, 5.74) is 0.764. The van der Waals surface area contributed by atoms with E-state index in [1.807, 2.05) is 30.0 Å². The molecule has 1 aromatic carbocycles. The molecule has 0 amide bonds. The first-order valence-electron chi connectivity index (χ1n) is 7.93. The molecule has 0 aliphatic carbocycles. The third kappa shape index (κ3) is 4.11. The Labute approximate surface area is 156 Å². The average Bonchev–Trinajstić information content (AvgIpc) is 2.51. The summed E-state index contributed by atoms with van der Waals surface area (Å²) in [7, 11) is -3.29. The maximum absolute atomic E-state index is 11.7. The fourth-order valence-corrected chi connectivity index (χ4v) is 4.83. The number of anilines is 1. The summed E-state index contributed by atoms with van der Waals surface area (Å²) >= 11 is 3.42. The van der Waals surface area contributed by atoms with E-state index in [4.69, 9.17) is 0 Å². The second-order valence-corrected chi connectivity index (χ2v) is 9.43. The van der Waals surface area contributed by atoms with E-state index in [2.05, 4.69) is 31.7 Å². The molecule has 1 atom stereocenters. The van der Waals surface area contributed by atoms with E-state index in [9.17, 15) is 13.7 Å². The third-order valence-corrected chi connectivity index (χ3v) is 5.69. The molecule has 1 fully saturated rings. The van der Waals surface area contributed by atoms with Crippen LogP contribution in [-0.2, 0) is 10.0 Å². The minimum Gasteiger partial charge on any atom is -0.355 e. The van der Waals surface area contributed by atoms with Crippen LogP contribution in [0.5, 0.6) is 0 Å². The molecule has 8 heteroatoms. The first-order valence-corrected chi connectivity index (χ1v) is 10.6. The van der Waals surface area contributed by atoms with E-state index in [1.54, 1.807) is 6.07 Å². The van der Waals surface area contributed by atoms with Crippen molar-refractivity contribution in [1.29, 1.82) is 5.26 Å². The minimum atomic E-state index is -3.29. The second kappa shape index (κ2) is 6.56. The Morgan fingerprint density at radius 2 is 2.16 bits per heavy atom. The molecule has 0 radical (unpaired) electrons. The van der Waals surface area contributed by atoms with Crippen molar-refractivity contribution in [3.05, 3.63) is 34.3 Å². The first-order chi connectivity index (χ1) is 11.7. The van der Waals surface area contributed by atoms with Gasteiger partial charge in [0.05, 0.1) is 23.4 Å². The number of hydrogen-bond donors (Lipinski definition) is 1. The number of benzene rings is 1. The van der Waals surface area contributed by atoms with Crippen LogP contribution in [0.4, 0.5) is 5.82 Å². The highest BCUT2D eigenvalue weighted by atomic mass is 79.9. The molecule has 0 unspecified atom stereocenters. The largest absolute Gasteiger partial charge is 0.355 e. The van der Waals surface area contributed by atoms with Crippen LogP contribution >= 0.6 is 15.9 Å². The van der Waals surface area contributed by atoms with Gasteiger partial charge < -0.3 is 4.90 Å². The van der Waals surface area contributed by atoms with Crippen LogP contribution in [0.1, 0.15) is 25.3 Å². The molecule has 1 N–H and O–H groups in total. The van der Waals surface area contributed by atoms with Crippen molar-refractivity contribution in [2.75, 3.05) is 24.2 Å². The summed E-state index contributed by atoms with van der Waals surface area (Å²) in [6.45, 7) is 3.20. The van der Waals surface area contributed by atoms with E-state index < -0.39 is 15.6 Å². The van der Waals surface area contributed by atoms with Gasteiger partial charge in [-0.05, 0) is 44.0 Å². The van der Waals surface area contributed by atoms with E-state index in [0.717, 1.165) is 34.8 Å². The summed E-state index contributed by atoms with van der Waals surface area (Å²) in [6.07, 6.45) is 2.79. The average molecular weight is 423 g/mol. The molecule has 1 saturated heterocycles. The van der Waals surface area contributed by atoms with Crippen molar-refractivity contribution < 1.29 is 8.42 Å². The monoisotopic (exact) mass is 422 g/mol. The highest BCUT2D eigenvalue weighted by molar-refractivity contribution is 9.10. The number of hydrogen-bond acceptors (Lipinski definition) is 5. The van der Waals surface area contributed by atoms with Crippen molar-refractivity contribution in [1.82, 2.24) is 9.71 Å². The van der Waals surface area contributed by atoms with Gasteiger partial charge in [-0.1, -0.05) is 15.9 Å². The summed E-state index contributed by atoms with van der Waals surface area (Å²) in [6, 6.07) is 9.67. The molecule has 0 spiro atoms. The predicted molar refractivity (Wildman–Crippen MR) is 102 cm³/mol. The zero-order valence-corrected chi connectivity index (χ0v) is 16.5. The molecule has 25 heavy (non-hydrogen) atoms. The van der Waals surface area contributed by atoms with Crippen molar-refractivity contribution in [2.24, 2.45) is 0 Å². The molecule has 1 aliphatic rings. The van der Waals surface area contributed by atoms with Crippen LogP contribution in [0.15, 0.2) is 28.7 Å². The molecule has 6 nitrogen and oxygen atoms in total. The summed E-state index contributed by atoms with van der Waals surface area (Å²) in [5, 5.41) is 10.3. The van der Waals surface area contributed by atoms with E-state index in [1.165, 1.54) is 6.26 Å². The van der Waals surface area contributed by atoms with Crippen molar-refractivity contribution in [3.63, 3.8) is 0 Å². The number of nitrogens with one attached hydrogen (secondary N) is 1. The molecule has 1 aromatic heterocycles. The molecule has 1 aliphatic heterocycles. The zero-order valence-electron chi connectivity index (χ0n) is 14.1. The quantitative estimate of drug-likeness (QED) is 0.821. The lowest BCUT2D eigenvalue weighted by Gasteiger charge is -2.41. The van der Waals surface area contributed by atoms with E-state index in [-0.39, 0.29) is 0 Å². The van der Waals surface area contributed by atoms with Crippen molar-refractivity contribution >= 4 is 42.7 Å². The molecule has 2 heterocycles. The van der Waals surface area contributed by atoms with Crippen LogP contribution < -0.4 is 9.62 Å². The van der Waals surface area contributed by atoms with Gasteiger partial charge in [0.2, 0.25) is 10.0 Å². The topological polar surface area (TPSA) is 86.1 Å². The summed E-state index contributed by atoms with van der Waals surface area (Å²) < 4.78 is 27.0. The number of pyridine rings is 1. The lowest BCUT2D eigenvalue weighted by atomic mass is 9.92. The predicted octanol–water partition coefficient (Wildman–Crippen LogP) is 2.78. The number of piperidine rings is 1. The van der Waals surface area contributed by atoms with Gasteiger partial charge in [-0.3, -0.25) is 0 Å². The van der Waals surface area contributed by atoms with Gasteiger partial charge in [0.15, 0.2) is 0 Å². The maximum atomic E-state index is 11.7. The van der Waals surface area contributed by atoms with Gasteiger partial charge in [0, 0.05) is 28.5 Å². The Hall–Kier alpha value is -1.69. The molecule has 0 bridgehead atoms.